The number of nitrogens with one attached hydrogen (secondary N) is 1. The van der Waals surface area contributed by atoms with Gasteiger partial charge in [-0.15, -0.1) is 0 Å². The van der Waals surface area contributed by atoms with Crippen molar-refractivity contribution in [1.29, 1.82) is 0 Å². The van der Waals surface area contributed by atoms with Gasteiger partial charge in [-0.3, -0.25) is 5.01 Å². The van der Waals surface area contributed by atoms with Gasteiger partial charge in [-0.2, -0.15) is 0 Å². The number of imidazole rings is 1. The number of aromatic amines is 1. The van der Waals surface area contributed by atoms with Gasteiger partial charge in [0, 0.05) is 21.1 Å². The van der Waals surface area contributed by atoms with Crippen LogP contribution in [0.1, 0.15) is 13.8 Å². The fraction of sp³-hybridized carbons (Fsp3) is 0.417. The third-order valence-corrected chi connectivity index (χ3v) is 2.28. The van der Waals surface area contributed by atoms with Crippen LogP contribution in [0.2, 0.25) is 0 Å². The number of hydrogen-bond donors (Lipinski definition) is 1. The molecule has 0 aliphatic heterocycles. The Morgan fingerprint density at radius 1 is 1.06 bits per heavy atom. The molecule has 0 saturated carbocycles. The van der Waals surface area contributed by atoms with E-state index in [4.69, 9.17) is 0 Å². The molecule has 4 nitrogen and oxygen atoms in total. The van der Waals surface area contributed by atoms with E-state index in [-0.39, 0.29) is 0 Å². The Balaban J connectivity index is 0.000000606. The van der Waals surface area contributed by atoms with Crippen molar-refractivity contribution < 1.29 is 0 Å². The molecule has 2 rings (SSSR count). The zero-order valence-electron chi connectivity index (χ0n) is 10.7. The molecule has 0 saturated heterocycles. The Bertz CT molecular complexity index is 400. The molecule has 1 heterocycles. The summed E-state index contributed by atoms with van der Waals surface area (Å²) in [5.41, 5.74) is 2.06. The summed E-state index contributed by atoms with van der Waals surface area (Å²) in [6, 6.07) is 8.01. The molecule has 0 fully saturated rings. The molecule has 0 radical (unpaired) electrons. The van der Waals surface area contributed by atoms with Crippen LogP contribution in [0.15, 0.2) is 24.3 Å². The van der Waals surface area contributed by atoms with E-state index < -0.39 is 0 Å². The second-order valence-corrected chi connectivity index (χ2v) is 3.45. The zero-order chi connectivity index (χ0) is 12.1. The van der Waals surface area contributed by atoms with Gasteiger partial charge in [0.05, 0.1) is 11.0 Å². The summed E-state index contributed by atoms with van der Waals surface area (Å²) in [5, 5.41) is 3.93. The Labute approximate surface area is 96.9 Å². The average molecular weight is 220 g/mol. The van der Waals surface area contributed by atoms with Crippen LogP contribution in [-0.2, 0) is 0 Å². The van der Waals surface area contributed by atoms with Crippen LogP contribution >= 0.6 is 0 Å². The maximum atomic E-state index is 4.46. The van der Waals surface area contributed by atoms with Crippen molar-refractivity contribution in [3.8, 4) is 0 Å². The van der Waals surface area contributed by atoms with E-state index in [1.165, 1.54) is 0 Å². The van der Waals surface area contributed by atoms with Gasteiger partial charge in [0.25, 0.3) is 0 Å². The van der Waals surface area contributed by atoms with E-state index in [2.05, 4.69) is 9.97 Å². The molecule has 0 atom stereocenters. The van der Waals surface area contributed by atoms with Crippen molar-refractivity contribution in [3.05, 3.63) is 24.3 Å². The molecule has 88 valence electrons. The van der Waals surface area contributed by atoms with Gasteiger partial charge in [-0.1, -0.05) is 26.0 Å². The molecule has 0 amide bonds. The highest BCUT2D eigenvalue weighted by molar-refractivity contribution is 5.77. The summed E-state index contributed by atoms with van der Waals surface area (Å²) >= 11 is 0. The largest absolute Gasteiger partial charge is 0.323 e. The maximum absolute atomic E-state index is 4.46. The molecule has 1 aromatic heterocycles. The molecule has 0 aliphatic carbocycles. The SMILES string of the molecule is CC.CN(C)N(C)c1nc2ccccc2[nH]1. The topological polar surface area (TPSA) is 35.2 Å². The Kier molecular flexibility index (Phi) is 4.31. The molecular weight excluding hydrogens is 200 g/mol. The van der Waals surface area contributed by atoms with Gasteiger partial charge in [0.2, 0.25) is 5.95 Å². The predicted molar refractivity (Wildman–Crippen MR) is 69.5 cm³/mol. The molecule has 1 aromatic carbocycles. The summed E-state index contributed by atoms with van der Waals surface area (Å²) in [4.78, 5) is 7.71. The number of fused-ring (bicyclic) bond motifs is 1. The molecule has 2 aromatic rings. The molecule has 16 heavy (non-hydrogen) atoms. The summed E-state index contributed by atoms with van der Waals surface area (Å²) in [7, 11) is 5.93. The molecule has 0 bridgehead atoms. The highest BCUT2D eigenvalue weighted by atomic mass is 15.6. The van der Waals surface area contributed by atoms with Crippen LogP contribution in [-0.4, -0.2) is 36.1 Å². The highest BCUT2D eigenvalue weighted by Gasteiger charge is 2.07. The lowest BCUT2D eigenvalue weighted by molar-refractivity contribution is 0.391. The summed E-state index contributed by atoms with van der Waals surface area (Å²) < 4.78 is 0. The first-order valence-electron chi connectivity index (χ1n) is 5.54. The summed E-state index contributed by atoms with van der Waals surface area (Å²) in [6.45, 7) is 4.00. The fourth-order valence-electron chi connectivity index (χ4n) is 1.28. The fourth-order valence-corrected chi connectivity index (χ4v) is 1.28. The van der Waals surface area contributed by atoms with Gasteiger partial charge in [-0.05, 0) is 12.1 Å². The van der Waals surface area contributed by atoms with Crippen LogP contribution in [0.5, 0.6) is 0 Å². The second kappa shape index (κ2) is 5.51. The normalized spacial score (nSPS) is 10.1. The van der Waals surface area contributed by atoms with Crippen molar-refractivity contribution in [2.45, 2.75) is 13.8 Å². The molecule has 0 aliphatic rings. The highest BCUT2D eigenvalue weighted by Crippen LogP contribution is 2.15. The van der Waals surface area contributed by atoms with E-state index in [9.17, 15) is 0 Å². The van der Waals surface area contributed by atoms with Crippen molar-refractivity contribution in [2.24, 2.45) is 0 Å². The lowest BCUT2D eigenvalue weighted by atomic mass is 10.3. The Morgan fingerprint density at radius 2 is 1.69 bits per heavy atom. The van der Waals surface area contributed by atoms with Crippen LogP contribution in [0.4, 0.5) is 5.95 Å². The van der Waals surface area contributed by atoms with Gasteiger partial charge >= 0.3 is 0 Å². The number of rotatable bonds is 2. The monoisotopic (exact) mass is 220 g/mol. The quantitative estimate of drug-likeness (QED) is 0.790. The smallest absolute Gasteiger partial charge is 0.218 e. The minimum Gasteiger partial charge on any atom is -0.323 e. The van der Waals surface area contributed by atoms with Gasteiger partial charge in [0.15, 0.2) is 0 Å². The predicted octanol–water partition coefficient (Wildman–Crippen LogP) is 2.50. The summed E-state index contributed by atoms with van der Waals surface area (Å²) in [6.07, 6.45) is 0. The third kappa shape index (κ3) is 2.52. The number of benzene rings is 1. The van der Waals surface area contributed by atoms with Crippen LogP contribution in [0.25, 0.3) is 11.0 Å². The average Bonchev–Trinajstić information content (AvgIpc) is 2.74. The first-order chi connectivity index (χ1) is 7.68. The number of para-hydroxylation sites is 2. The number of aromatic nitrogens is 2. The van der Waals surface area contributed by atoms with Crippen molar-refractivity contribution in [1.82, 2.24) is 15.0 Å². The van der Waals surface area contributed by atoms with E-state index in [1.807, 2.05) is 69.3 Å². The van der Waals surface area contributed by atoms with Gasteiger partial charge < -0.3 is 4.98 Å². The van der Waals surface area contributed by atoms with Crippen molar-refractivity contribution >= 4 is 17.0 Å². The van der Waals surface area contributed by atoms with Crippen LogP contribution in [0.3, 0.4) is 0 Å². The second-order valence-electron chi connectivity index (χ2n) is 3.45. The molecular formula is C12H20N4. The van der Waals surface area contributed by atoms with E-state index in [0.717, 1.165) is 17.0 Å². The lowest BCUT2D eigenvalue weighted by Gasteiger charge is -2.23. The first-order valence-corrected chi connectivity index (χ1v) is 5.54. The summed E-state index contributed by atoms with van der Waals surface area (Å²) in [5.74, 6) is 0.858. The zero-order valence-corrected chi connectivity index (χ0v) is 10.7. The number of anilines is 1. The number of hydrazine groups is 1. The maximum Gasteiger partial charge on any atom is 0.218 e. The van der Waals surface area contributed by atoms with Crippen LogP contribution in [0, 0.1) is 0 Å². The number of hydrogen-bond acceptors (Lipinski definition) is 3. The van der Waals surface area contributed by atoms with E-state index in [1.54, 1.807) is 0 Å². The Morgan fingerprint density at radius 3 is 2.25 bits per heavy atom. The Hall–Kier alpha value is -1.55. The van der Waals surface area contributed by atoms with Crippen LogP contribution < -0.4 is 5.01 Å². The molecule has 1 N–H and O–H groups in total. The molecule has 4 heteroatoms. The van der Waals surface area contributed by atoms with Gasteiger partial charge in [0.1, 0.15) is 0 Å². The van der Waals surface area contributed by atoms with E-state index >= 15 is 0 Å². The minimum absolute atomic E-state index is 0.858. The molecule has 0 spiro atoms. The third-order valence-electron chi connectivity index (χ3n) is 2.28. The minimum atomic E-state index is 0.858. The van der Waals surface area contributed by atoms with Crippen molar-refractivity contribution in [2.75, 3.05) is 26.2 Å². The molecule has 0 unspecified atom stereocenters. The lowest BCUT2D eigenvalue weighted by Crippen LogP contribution is -2.33. The number of nitrogens with zero attached hydrogens (tertiary/aromatic N) is 3. The standard InChI is InChI=1S/C10H14N4.C2H6/c1-13(2)14(3)10-11-8-6-4-5-7-9(8)12-10;1-2/h4-7H,1-3H3,(H,11,12);1-2H3. The van der Waals surface area contributed by atoms with E-state index in [0.29, 0.717) is 0 Å². The first kappa shape index (κ1) is 12.5. The van der Waals surface area contributed by atoms with Crippen molar-refractivity contribution in [3.63, 3.8) is 0 Å². The van der Waals surface area contributed by atoms with Gasteiger partial charge in [-0.25, -0.2) is 9.99 Å². The number of H-pyrrole nitrogens is 1.